The molecule has 19 heavy (non-hydrogen) atoms. The van der Waals surface area contributed by atoms with Crippen LogP contribution in [-0.2, 0) is 0 Å². The van der Waals surface area contributed by atoms with Crippen molar-refractivity contribution in [2.45, 2.75) is 9.79 Å². The van der Waals surface area contributed by atoms with Crippen molar-refractivity contribution in [1.29, 1.82) is 5.26 Å². The number of para-hydroxylation sites is 1. The van der Waals surface area contributed by atoms with Gasteiger partial charge in [0.15, 0.2) is 0 Å². The first kappa shape index (κ1) is 13.4. The van der Waals surface area contributed by atoms with Gasteiger partial charge in [0, 0.05) is 11.0 Å². The predicted octanol–water partition coefficient (Wildman–Crippen LogP) is 4.27. The van der Waals surface area contributed by atoms with Crippen molar-refractivity contribution in [2.24, 2.45) is 0 Å². The highest BCUT2D eigenvalue weighted by molar-refractivity contribution is 7.99. The molecule has 0 heterocycles. The fraction of sp³-hybridized carbons (Fsp3) is 0. The van der Waals surface area contributed by atoms with Gasteiger partial charge < -0.3 is 0 Å². The molecule has 0 unspecified atom stereocenters. The Hall–Kier alpha value is -2.03. The van der Waals surface area contributed by atoms with E-state index >= 15 is 0 Å². The van der Waals surface area contributed by atoms with Gasteiger partial charge >= 0.3 is 0 Å². The van der Waals surface area contributed by atoms with Crippen LogP contribution in [0, 0.1) is 21.4 Å². The summed E-state index contributed by atoms with van der Waals surface area (Å²) in [6, 6.07) is 13.3. The Morgan fingerprint density at radius 1 is 1.21 bits per heavy atom. The molecule has 2 rings (SSSR count). The van der Waals surface area contributed by atoms with E-state index in [1.165, 1.54) is 17.8 Å². The monoisotopic (exact) mass is 290 g/mol. The summed E-state index contributed by atoms with van der Waals surface area (Å²) in [6.07, 6.45) is 0. The molecule has 0 aliphatic carbocycles. The van der Waals surface area contributed by atoms with Gasteiger partial charge in [0.05, 0.1) is 26.5 Å². The second-order valence-corrected chi connectivity index (χ2v) is 5.07. The SMILES string of the molecule is N#Cc1ccc(Sc2ccccc2[N+](=O)[O-])c(Cl)c1. The van der Waals surface area contributed by atoms with Crippen LogP contribution >= 0.6 is 23.4 Å². The lowest BCUT2D eigenvalue weighted by molar-refractivity contribution is -0.387. The van der Waals surface area contributed by atoms with E-state index in [0.29, 0.717) is 20.4 Å². The number of nitriles is 1. The van der Waals surface area contributed by atoms with Gasteiger partial charge in [-0.25, -0.2) is 0 Å². The molecule has 0 saturated carbocycles. The molecule has 0 N–H and O–H groups in total. The number of nitrogens with zero attached hydrogens (tertiary/aromatic N) is 2. The lowest BCUT2D eigenvalue weighted by atomic mass is 10.2. The van der Waals surface area contributed by atoms with Crippen molar-refractivity contribution in [2.75, 3.05) is 0 Å². The standard InChI is InChI=1S/C13H7ClN2O2S/c14-10-7-9(8-15)5-6-12(10)19-13-4-2-1-3-11(13)16(17)18/h1-7H. The van der Waals surface area contributed by atoms with E-state index in [1.807, 2.05) is 6.07 Å². The maximum absolute atomic E-state index is 10.9. The van der Waals surface area contributed by atoms with E-state index in [1.54, 1.807) is 36.4 Å². The summed E-state index contributed by atoms with van der Waals surface area (Å²) in [5.41, 5.74) is 0.491. The summed E-state index contributed by atoms with van der Waals surface area (Å²) in [4.78, 5) is 11.7. The van der Waals surface area contributed by atoms with Gasteiger partial charge in [0.2, 0.25) is 0 Å². The molecule has 4 nitrogen and oxygen atoms in total. The van der Waals surface area contributed by atoms with E-state index < -0.39 is 4.92 Å². The highest BCUT2D eigenvalue weighted by Gasteiger charge is 2.14. The number of hydrogen-bond donors (Lipinski definition) is 0. The lowest BCUT2D eigenvalue weighted by Gasteiger charge is -2.05. The van der Waals surface area contributed by atoms with Crippen molar-refractivity contribution in [1.82, 2.24) is 0 Å². The van der Waals surface area contributed by atoms with Crippen molar-refractivity contribution in [3.63, 3.8) is 0 Å². The lowest BCUT2D eigenvalue weighted by Crippen LogP contribution is -1.90. The normalized spacial score (nSPS) is 9.89. The molecule has 0 atom stereocenters. The van der Waals surface area contributed by atoms with Crippen LogP contribution in [0.5, 0.6) is 0 Å². The highest BCUT2D eigenvalue weighted by atomic mass is 35.5. The van der Waals surface area contributed by atoms with E-state index in [4.69, 9.17) is 16.9 Å². The summed E-state index contributed by atoms with van der Waals surface area (Å²) in [5.74, 6) is 0. The molecule has 0 amide bonds. The van der Waals surface area contributed by atoms with Crippen LogP contribution in [0.1, 0.15) is 5.56 Å². The Balaban J connectivity index is 2.37. The molecule has 2 aromatic carbocycles. The van der Waals surface area contributed by atoms with E-state index in [2.05, 4.69) is 0 Å². The zero-order chi connectivity index (χ0) is 13.8. The van der Waals surface area contributed by atoms with Gasteiger partial charge in [-0.3, -0.25) is 10.1 Å². The van der Waals surface area contributed by atoms with Crippen LogP contribution in [0.4, 0.5) is 5.69 Å². The van der Waals surface area contributed by atoms with Gasteiger partial charge in [0.1, 0.15) is 0 Å². The van der Waals surface area contributed by atoms with E-state index in [-0.39, 0.29) is 5.69 Å². The fourth-order valence-corrected chi connectivity index (χ4v) is 2.69. The summed E-state index contributed by atoms with van der Waals surface area (Å²) in [7, 11) is 0. The predicted molar refractivity (Wildman–Crippen MR) is 73.4 cm³/mol. The van der Waals surface area contributed by atoms with Crippen LogP contribution in [0.25, 0.3) is 0 Å². The minimum atomic E-state index is -0.431. The molecule has 0 saturated heterocycles. The molecular formula is C13H7ClN2O2S. The second kappa shape index (κ2) is 5.74. The topological polar surface area (TPSA) is 66.9 Å². The quantitative estimate of drug-likeness (QED) is 0.625. The third-order valence-electron chi connectivity index (χ3n) is 2.34. The van der Waals surface area contributed by atoms with Crippen LogP contribution in [0.2, 0.25) is 5.02 Å². The van der Waals surface area contributed by atoms with Crippen molar-refractivity contribution in [3.05, 3.63) is 63.2 Å². The Morgan fingerprint density at radius 2 is 1.95 bits per heavy atom. The van der Waals surface area contributed by atoms with Gasteiger partial charge in [-0.2, -0.15) is 5.26 Å². The zero-order valence-corrected chi connectivity index (χ0v) is 11.1. The molecule has 94 valence electrons. The number of hydrogen-bond acceptors (Lipinski definition) is 4. The van der Waals surface area contributed by atoms with Crippen LogP contribution in [-0.4, -0.2) is 4.92 Å². The summed E-state index contributed by atoms with van der Waals surface area (Å²) >= 11 is 7.25. The van der Waals surface area contributed by atoms with Gasteiger partial charge in [-0.05, 0) is 24.3 Å². The molecular weight excluding hydrogens is 284 g/mol. The van der Waals surface area contributed by atoms with Crippen molar-refractivity contribution < 1.29 is 4.92 Å². The first-order chi connectivity index (χ1) is 9.11. The molecule has 0 aliphatic rings. The number of benzene rings is 2. The molecule has 2 aromatic rings. The Morgan fingerprint density at radius 3 is 2.58 bits per heavy atom. The van der Waals surface area contributed by atoms with E-state index in [0.717, 1.165) is 0 Å². The first-order valence-corrected chi connectivity index (χ1v) is 6.42. The van der Waals surface area contributed by atoms with E-state index in [9.17, 15) is 10.1 Å². The molecule has 0 radical (unpaired) electrons. The van der Waals surface area contributed by atoms with Crippen LogP contribution in [0.15, 0.2) is 52.3 Å². The van der Waals surface area contributed by atoms with Gasteiger partial charge in [-0.1, -0.05) is 35.5 Å². The van der Waals surface area contributed by atoms with Crippen molar-refractivity contribution >= 4 is 29.1 Å². The molecule has 0 aromatic heterocycles. The molecule has 6 heteroatoms. The third kappa shape index (κ3) is 3.05. The summed E-state index contributed by atoms with van der Waals surface area (Å²) < 4.78 is 0. The number of nitro benzene ring substituents is 1. The van der Waals surface area contributed by atoms with Crippen molar-refractivity contribution in [3.8, 4) is 6.07 Å². The smallest absolute Gasteiger partial charge is 0.258 e. The molecule has 0 spiro atoms. The Kier molecular flexibility index (Phi) is 4.05. The number of nitro groups is 1. The maximum Gasteiger partial charge on any atom is 0.283 e. The Labute approximate surface area is 118 Å². The number of rotatable bonds is 3. The third-order valence-corrected chi connectivity index (χ3v) is 3.91. The molecule has 0 fully saturated rings. The van der Waals surface area contributed by atoms with Gasteiger partial charge in [0.25, 0.3) is 5.69 Å². The second-order valence-electron chi connectivity index (χ2n) is 3.58. The largest absolute Gasteiger partial charge is 0.283 e. The van der Waals surface area contributed by atoms with Gasteiger partial charge in [-0.15, -0.1) is 0 Å². The average molecular weight is 291 g/mol. The number of halogens is 1. The minimum absolute atomic E-state index is 0.0351. The van der Waals surface area contributed by atoms with Crippen LogP contribution < -0.4 is 0 Å². The fourth-order valence-electron chi connectivity index (χ4n) is 1.47. The molecule has 0 bridgehead atoms. The average Bonchev–Trinajstić information content (AvgIpc) is 2.41. The zero-order valence-electron chi connectivity index (χ0n) is 9.54. The Bertz CT molecular complexity index is 683. The molecule has 0 aliphatic heterocycles. The summed E-state index contributed by atoms with van der Waals surface area (Å²) in [5, 5.41) is 20.1. The highest BCUT2D eigenvalue weighted by Crippen LogP contribution is 2.38. The first-order valence-electron chi connectivity index (χ1n) is 5.22. The minimum Gasteiger partial charge on any atom is -0.258 e. The summed E-state index contributed by atoms with van der Waals surface area (Å²) in [6.45, 7) is 0. The maximum atomic E-state index is 10.9. The van der Waals surface area contributed by atoms with Crippen LogP contribution in [0.3, 0.4) is 0 Å².